The van der Waals surface area contributed by atoms with Crippen LogP contribution in [0.15, 0.2) is 18.2 Å². The van der Waals surface area contributed by atoms with E-state index in [2.05, 4.69) is 24.3 Å². The van der Waals surface area contributed by atoms with Crippen molar-refractivity contribution >= 4 is 5.91 Å². The molecule has 1 fully saturated rings. The Kier molecular flexibility index (Phi) is 6.67. The third-order valence-electron chi connectivity index (χ3n) is 3.94. The molecule has 0 aromatic heterocycles. The minimum atomic E-state index is -0.118. The number of hydrazine groups is 1. The molecular formula is C17H27N3O3. The highest BCUT2D eigenvalue weighted by atomic mass is 16.5. The Balaban J connectivity index is 1.97. The largest absolute Gasteiger partial charge is 0.493 e. The molecule has 1 saturated heterocycles. The number of hydrogen-bond acceptors (Lipinski definition) is 5. The Bertz CT molecular complexity index is 514. The summed E-state index contributed by atoms with van der Waals surface area (Å²) >= 11 is 0. The zero-order chi connectivity index (χ0) is 16.7. The highest BCUT2D eigenvalue weighted by molar-refractivity contribution is 5.94. The Labute approximate surface area is 138 Å². The number of nitrogens with one attached hydrogen (secondary N) is 1. The van der Waals surface area contributed by atoms with E-state index in [1.165, 1.54) is 0 Å². The van der Waals surface area contributed by atoms with Gasteiger partial charge in [0.2, 0.25) is 0 Å². The molecule has 128 valence electrons. The van der Waals surface area contributed by atoms with Gasteiger partial charge in [-0.2, -0.15) is 0 Å². The quantitative estimate of drug-likeness (QED) is 0.776. The van der Waals surface area contributed by atoms with Gasteiger partial charge in [-0.25, -0.2) is 5.01 Å². The maximum atomic E-state index is 12.4. The van der Waals surface area contributed by atoms with Crippen molar-refractivity contribution in [2.45, 2.75) is 19.8 Å². The van der Waals surface area contributed by atoms with E-state index in [0.29, 0.717) is 23.7 Å². The predicted octanol–water partition coefficient (Wildman–Crippen LogP) is 1.77. The van der Waals surface area contributed by atoms with Crippen molar-refractivity contribution in [3.05, 3.63) is 23.8 Å². The highest BCUT2D eigenvalue weighted by Crippen LogP contribution is 2.28. The number of benzene rings is 1. The number of ether oxygens (including phenoxy) is 2. The van der Waals surface area contributed by atoms with E-state index >= 15 is 0 Å². The van der Waals surface area contributed by atoms with Crippen LogP contribution in [0.2, 0.25) is 0 Å². The van der Waals surface area contributed by atoms with Gasteiger partial charge in [0.05, 0.1) is 13.7 Å². The van der Waals surface area contributed by atoms with E-state index in [-0.39, 0.29) is 5.91 Å². The molecule has 1 aromatic rings. The van der Waals surface area contributed by atoms with Crippen LogP contribution in [0.1, 0.15) is 30.1 Å². The molecule has 23 heavy (non-hydrogen) atoms. The van der Waals surface area contributed by atoms with Crippen molar-refractivity contribution < 1.29 is 14.3 Å². The lowest BCUT2D eigenvalue weighted by Crippen LogP contribution is -2.52. The summed E-state index contributed by atoms with van der Waals surface area (Å²) in [6.07, 6.45) is 2.07. The molecule has 1 amide bonds. The zero-order valence-electron chi connectivity index (χ0n) is 14.3. The molecule has 0 radical (unpaired) electrons. The van der Waals surface area contributed by atoms with Crippen LogP contribution in [-0.2, 0) is 0 Å². The second kappa shape index (κ2) is 8.74. The fraction of sp³-hybridized carbons (Fsp3) is 0.588. The molecule has 1 aromatic carbocycles. The van der Waals surface area contributed by atoms with Gasteiger partial charge in [0.1, 0.15) is 0 Å². The first-order valence-electron chi connectivity index (χ1n) is 8.19. The standard InChI is InChI=1S/C17H27N3O3/c1-4-5-12-23-15-7-6-14(13-16(15)22-3)17(21)18-20-10-8-19(2)9-11-20/h6-7,13H,4-5,8-12H2,1-3H3,(H,18,21). The summed E-state index contributed by atoms with van der Waals surface area (Å²) in [7, 11) is 3.67. The number of carbonyl (C=O) groups is 1. The fourth-order valence-electron chi connectivity index (χ4n) is 2.38. The molecule has 0 atom stereocenters. The number of amides is 1. The van der Waals surface area contributed by atoms with Gasteiger partial charge in [-0.05, 0) is 31.7 Å². The summed E-state index contributed by atoms with van der Waals surface area (Å²) < 4.78 is 11.0. The van der Waals surface area contributed by atoms with Crippen LogP contribution in [0.3, 0.4) is 0 Å². The predicted molar refractivity (Wildman–Crippen MR) is 89.9 cm³/mol. The fourth-order valence-corrected chi connectivity index (χ4v) is 2.38. The summed E-state index contributed by atoms with van der Waals surface area (Å²) in [5.74, 6) is 1.15. The van der Waals surface area contributed by atoms with Crippen LogP contribution in [0.25, 0.3) is 0 Å². The highest BCUT2D eigenvalue weighted by Gasteiger charge is 2.17. The SMILES string of the molecule is CCCCOc1ccc(C(=O)NN2CCN(C)CC2)cc1OC. The molecule has 1 N–H and O–H groups in total. The maximum Gasteiger partial charge on any atom is 0.265 e. The smallest absolute Gasteiger partial charge is 0.265 e. The Morgan fingerprint density at radius 1 is 1.22 bits per heavy atom. The lowest BCUT2D eigenvalue weighted by molar-refractivity contribution is 0.0662. The summed E-state index contributed by atoms with van der Waals surface area (Å²) in [6.45, 7) is 6.34. The lowest BCUT2D eigenvalue weighted by Gasteiger charge is -2.32. The van der Waals surface area contributed by atoms with Crippen molar-refractivity contribution in [2.24, 2.45) is 0 Å². The number of unbranched alkanes of at least 4 members (excludes halogenated alkanes) is 1. The van der Waals surface area contributed by atoms with E-state index < -0.39 is 0 Å². The molecule has 0 unspecified atom stereocenters. The number of carbonyl (C=O) groups excluding carboxylic acids is 1. The summed E-state index contributed by atoms with van der Waals surface area (Å²) in [4.78, 5) is 14.6. The number of rotatable bonds is 7. The van der Waals surface area contributed by atoms with Gasteiger partial charge in [-0.15, -0.1) is 0 Å². The van der Waals surface area contributed by atoms with Crippen LogP contribution >= 0.6 is 0 Å². The molecule has 1 heterocycles. The molecule has 0 bridgehead atoms. The first-order valence-corrected chi connectivity index (χ1v) is 8.19. The molecular weight excluding hydrogens is 294 g/mol. The van der Waals surface area contributed by atoms with Crippen molar-refractivity contribution in [1.82, 2.24) is 15.3 Å². The van der Waals surface area contributed by atoms with Crippen LogP contribution < -0.4 is 14.9 Å². The van der Waals surface area contributed by atoms with E-state index in [0.717, 1.165) is 39.0 Å². The molecule has 6 nitrogen and oxygen atoms in total. The van der Waals surface area contributed by atoms with Gasteiger partial charge in [0.15, 0.2) is 11.5 Å². The second-order valence-corrected chi connectivity index (χ2v) is 5.80. The normalized spacial score (nSPS) is 16.1. The Morgan fingerprint density at radius 3 is 2.61 bits per heavy atom. The topological polar surface area (TPSA) is 54.0 Å². The second-order valence-electron chi connectivity index (χ2n) is 5.80. The molecule has 0 spiro atoms. The van der Waals surface area contributed by atoms with Crippen molar-refractivity contribution in [3.63, 3.8) is 0 Å². The zero-order valence-corrected chi connectivity index (χ0v) is 14.3. The van der Waals surface area contributed by atoms with Gasteiger partial charge in [0.25, 0.3) is 5.91 Å². The van der Waals surface area contributed by atoms with Gasteiger partial charge >= 0.3 is 0 Å². The van der Waals surface area contributed by atoms with Crippen LogP contribution in [0, 0.1) is 0 Å². The Hall–Kier alpha value is -1.79. The summed E-state index contributed by atoms with van der Waals surface area (Å²) in [5, 5.41) is 1.96. The molecule has 0 saturated carbocycles. The number of methoxy groups -OCH3 is 1. The van der Waals surface area contributed by atoms with E-state index in [9.17, 15) is 4.79 Å². The van der Waals surface area contributed by atoms with E-state index in [4.69, 9.17) is 9.47 Å². The number of likely N-dealkylation sites (N-methyl/N-ethyl adjacent to an activating group) is 1. The average molecular weight is 321 g/mol. The van der Waals surface area contributed by atoms with E-state index in [1.54, 1.807) is 25.3 Å². The van der Waals surface area contributed by atoms with Crippen molar-refractivity contribution in [1.29, 1.82) is 0 Å². The maximum absolute atomic E-state index is 12.4. The van der Waals surface area contributed by atoms with Gasteiger partial charge in [-0.3, -0.25) is 10.2 Å². The number of piperazine rings is 1. The summed E-state index contributed by atoms with van der Waals surface area (Å²) in [5.41, 5.74) is 3.52. The lowest BCUT2D eigenvalue weighted by atomic mass is 10.2. The minimum Gasteiger partial charge on any atom is -0.493 e. The van der Waals surface area contributed by atoms with Crippen molar-refractivity contribution in [2.75, 3.05) is 46.9 Å². The molecule has 6 heteroatoms. The number of nitrogens with zero attached hydrogens (tertiary/aromatic N) is 2. The number of hydrogen-bond donors (Lipinski definition) is 1. The Morgan fingerprint density at radius 2 is 1.96 bits per heavy atom. The molecule has 1 aliphatic heterocycles. The third kappa shape index (κ3) is 5.11. The molecule has 1 aliphatic rings. The van der Waals surface area contributed by atoms with E-state index in [1.807, 2.05) is 5.01 Å². The third-order valence-corrected chi connectivity index (χ3v) is 3.94. The minimum absolute atomic E-state index is 0.118. The van der Waals surface area contributed by atoms with Crippen LogP contribution in [0.4, 0.5) is 0 Å². The first-order chi connectivity index (χ1) is 11.1. The van der Waals surface area contributed by atoms with Crippen LogP contribution in [0.5, 0.6) is 11.5 Å². The monoisotopic (exact) mass is 321 g/mol. The molecule has 2 rings (SSSR count). The van der Waals surface area contributed by atoms with Gasteiger partial charge < -0.3 is 14.4 Å². The summed E-state index contributed by atoms with van der Waals surface area (Å²) in [6, 6.07) is 5.30. The average Bonchev–Trinajstić information content (AvgIpc) is 2.57. The molecule has 0 aliphatic carbocycles. The first kappa shape index (κ1) is 17.6. The van der Waals surface area contributed by atoms with Gasteiger partial charge in [-0.1, -0.05) is 13.3 Å². The van der Waals surface area contributed by atoms with Crippen molar-refractivity contribution in [3.8, 4) is 11.5 Å². The van der Waals surface area contributed by atoms with Crippen LogP contribution in [-0.4, -0.2) is 62.8 Å². The van der Waals surface area contributed by atoms with Gasteiger partial charge in [0, 0.05) is 31.7 Å².